The molecule has 1 aliphatic carbocycles. The molecule has 3 unspecified atom stereocenters. The van der Waals surface area contributed by atoms with Crippen LogP contribution in [0.2, 0.25) is 0 Å². The number of nitrogens with one attached hydrogen (secondary N) is 1. The lowest BCUT2D eigenvalue weighted by molar-refractivity contribution is 0.232. The van der Waals surface area contributed by atoms with Gasteiger partial charge >= 0.3 is 0 Å². The molecule has 2 aliphatic rings. The molecule has 17 heavy (non-hydrogen) atoms. The second-order valence-electron chi connectivity index (χ2n) is 6.77. The van der Waals surface area contributed by atoms with Gasteiger partial charge in [-0.2, -0.15) is 0 Å². The Balaban J connectivity index is 1.65. The maximum atomic E-state index is 3.62. The highest BCUT2D eigenvalue weighted by molar-refractivity contribution is 4.87. The summed E-state index contributed by atoms with van der Waals surface area (Å²) < 4.78 is 0. The Labute approximate surface area is 107 Å². The smallest absolute Gasteiger partial charge is 0.00980 e. The van der Waals surface area contributed by atoms with E-state index in [1.165, 1.54) is 51.9 Å². The predicted octanol–water partition coefficient (Wildman–Crippen LogP) is 2.74. The average Bonchev–Trinajstić information content (AvgIpc) is 2.86. The van der Waals surface area contributed by atoms with Crippen LogP contribution in [0.25, 0.3) is 0 Å². The second-order valence-corrected chi connectivity index (χ2v) is 6.77. The Morgan fingerprint density at radius 1 is 1.24 bits per heavy atom. The average molecular weight is 238 g/mol. The fourth-order valence-electron chi connectivity index (χ4n) is 3.45. The van der Waals surface area contributed by atoms with Crippen LogP contribution in [0.15, 0.2) is 0 Å². The van der Waals surface area contributed by atoms with Gasteiger partial charge in [-0.15, -0.1) is 0 Å². The third kappa shape index (κ3) is 3.96. The molecule has 100 valence electrons. The Morgan fingerprint density at radius 2 is 2.06 bits per heavy atom. The van der Waals surface area contributed by atoms with Gasteiger partial charge in [-0.05, 0) is 63.1 Å². The lowest BCUT2D eigenvalue weighted by Crippen LogP contribution is -2.33. The van der Waals surface area contributed by atoms with E-state index in [4.69, 9.17) is 0 Å². The van der Waals surface area contributed by atoms with Gasteiger partial charge in [0.05, 0.1) is 0 Å². The Bertz CT molecular complexity index is 227. The van der Waals surface area contributed by atoms with Crippen molar-refractivity contribution in [1.29, 1.82) is 0 Å². The van der Waals surface area contributed by atoms with Crippen LogP contribution in [-0.4, -0.2) is 37.1 Å². The zero-order valence-corrected chi connectivity index (χ0v) is 11.9. The SMILES string of the molecule is CC(C)CNCC1CCN(C2CCC(C)C2)C1. The predicted molar refractivity (Wildman–Crippen MR) is 74.2 cm³/mol. The van der Waals surface area contributed by atoms with Crippen molar-refractivity contribution in [3.05, 3.63) is 0 Å². The quantitative estimate of drug-likeness (QED) is 0.792. The van der Waals surface area contributed by atoms with E-state index in [9.17, 15) is 0 Å². The maximum Gasteiger partial charge on any atom is 0.00980 e. The second kappa shape index (κ2) is 6.19. The van der Waals surface area contributed by atoms with Crippen molar-refractivity contribution in [2.75, 3.05) is 26.2 Å². The van der Waals surface area contributed by atoms with Crippen molar-refractivity contribution < 1.29 is 0 Å². The van der Waals surface area contributed by atoms with Crippen molar-refractivity contribution in [1.82, 2.24) is 10.2 Å². The molecule has 1 N–H and O–H groups in total. The van der Waals surface area contributed by atoms with Crippen LogP contribution in [0.3, 0.4) is 0 Å². The van der Waals surface area contributed by atoms with E-state index < -0.39 is 0 Å². The maximum absolute atomic E-state index is 3.62. The van der Waals surface area contributed by atoms with Crippen LogP contribution < -0.4 is 5.32 Å². The zero-order chi connectivity index (χ0) is 12.3. The van der Waals surface area contributed by atoms with Crippen LogP contribution >= 0.6 is 0 Å². The van der Waals surface area contributed by atoms with Gasteiger partial charge in [0.15, 0.2) is 0 Å². The molecule has 1 saturated carbocycles. The minimum Gasteiger partial charge on any atom is -0.316 e. The van der Waals surface area contributed by atoms with Crippen LogP contribution in [-0.2, 0) is 0 Å². The minimum absolute atomic E-state index is 0.781. The van der Waals surface area contributed by atoms with Crippen LogP contribution in [0, 0.1) is 17.8 Å². The van der Waals surface area contributed by atoms with Crippen molar-refractivity contribution in [2.24, 2.45) is 17.8 Å². The zero-order valence-electron chi connectivity index (χ0n) is 11.9. The first-order chi connectivity index (χ1) is 8.15. The first kappa shape index (κ1) is 13.4. The van der Waals surface area contributed by atoms with Gasteiger partial charge < -0.3 is 10.2 Å². The van der Waals surface area contributed by atoms with Crippen molar-refractivity contribution >= 4 is 0 Å². The molecule has 0 aromatic heterocycles. The number of hydrogen-bond donors (Lipinski definition) is 1. The molecule has 2 fully saturated rings. The fourth-order valence-corrected chi connectivity index (χ4v) is 3.45. The van der Waals surface area contributed by atoms with Crippen molar-refractivity contribution in [3.63, 3.8) is 0 Å². The Morgan fingerprint density at radius 3 is 2.71 bits per heavy atom. The standard InChI is InChI=1S/C15H30N2/c1-12(2)9-16-10-14-6-7-17(11-14)15-5-4-13(3)8-15/h12-16H,4-11H2,1-3H3. The summed E-state index contributed by atoms with van der Waals surface area (Å²) in [4.78, 5) is 2.77. The highest BCUT2D eigenvalue weighted by Gasteiger charge is 2.31. The topological polar surface area (TPSA) is 15.3 Å². The summed E-state index contributed by atoms with van der Waals surface area (Å²) in [7, 11) is 0. The van der Waals surface area contributed by atoms with E-state index in [1.807, 2.05) is 0 Å². The largest absolute Gasteiger partial charge is 0.316 e. The lowest BCUT2D eigenvalue weighted by Gasteiger charge is -2.24. The summed E-state index contributed by atoms with van der Waals surface area (Å²) in [5, 5.41) is 3.62. The van der Waals surface area contributed by atoms with E-state index in [2.05, 4.69) is 31.0 Å². The van der Waals surface area contributed by atoms with Gasteiger partial charge in [0.25, 0.3) is 0 Å². The van der Waals surface area contributed by atoms with Gasteiger partial charge in [-0.3, -0.25) is 0 Å². The summed E-state index contributed by atoms with van der Waals surface area (Å²) in [6.45, 7) is 12.1. The van der Waals surface area contributed by atoms with Crippen molar-refractivity contribution in [2.45, 2.75) is 52.5 Å². The summed E-state index contributed by atoms with van der Waals surface area (Å²) in [5.41, 5.74) is 0. The molecule has 2 rings (SSSR count). The summed E-state index contributed by atoms with van der Waals surface area (Å²) in [6, 6.07) is 0.917. The highest BCUT2D eigenvalue weighted by Crippen LogP contribution is 2.31. The molecule has 0 bridgehead atoms. The molecule has 2 heteroatoms. The van der Waals surface area contributed by atoms with E-state index in [0.717, 1.165) is 23.8 Å². The summed E-state index contributed by atoms with van der Waals surface area (Å²) >= 11 is 0. The van der Waals surface area contributed by atoms with Gasteiger partial charge in [0.2, 0.25) is 0 Å². The van der Waals surface area contributed by atoms with Crippen LogP contribution in [0.5, 0.6) is 0 Å². The molecule has 1 saturated heterocycles. The Hall–Kier alpha value is -0.0800. The molecule has 0 aromatic rings. The van der Waals surface area contributed by atoms with Gasteiger partial charge in [0.1, 0.15) is 0 Å². The number of likely N-dealkylation sites (tertiary alicyclic amines) is 1. The van der Waals surface area contributed by atoms with Gasteiger partial charge in [-0.25, -0.2) is 0 Å². The summed E-state index contributed by atoms with van der Waals surface area (Å²) in [6.07, 6.45) is 5.77. The summed E-state index contributed by atoms with van der Waals surface area (Å²) in [5.74, 6) is 2.66. The number of nitrogens with zero attached hydrogens (tertiary/aromatic N) is 1. The first-order valence-electron chi connectivity index (χ1n) is 7.60. The van der Waals surface area contributed by atoms with E-state index in [-0.39, 0.29) is 0 Å². The number of hydrogen-bond acceptors (Lipinski definition) is 2. The third-order valence-corrected chi connectivity index (χ3v) is 4.49. The molecule has 2 nitrogen and oxygen atoms in total. The molecular weight excluding hydrogens is 208 g/mol. The molecule has 1 heterocycles. The molecule has 0 amide bonds. The van der Waals surface area contributed by atoms with E-state index >= 15 is 0 Å². The highest BCUT2D eigenvalue weighted by atomic mass is 15.2. The minimum atomic E-state index is 0.781. The van der Waals surface area contributed by atoms with Crippen LogP contribution in [0.1, 0.15) is 46.5 Å². The molecule has 0 radical (unpaired) electrons. The molecule has 3 atom stereocenters. The number of rotatable bonds is 5. The molecule has 0 aromatic carbocycles. The molecule has 0 spiro atoms. The van der Waals surface area contributed by atoms with Crippen LogP contribution in [0.4, 0.5) is 0 Å². The normalized spacial score (nSPS) is 34.9. The first-order valence-corrected chi connectivity index (χ1v) is 7.60. The van der Waals surface area contributed by atoms with E-state index in [0.29, 0.717) is 0 Å². The monoisotopic (exact) mass is 238 g/mol. The molecule has 1 aliphatic heterocycles. The lowest BCUT2D eigenvalue weighted by atomic mass is 10.1. The van der Waals surface area contributed by atoms with Crippen molar-refractivity contribution in [3.8, 4) is 0 Å². The van der Waals surface area contributed by atoms with Gasteiger partial charge in [0, 0.05) is 12.6 Å². The Kier molecular flexibility index (Phi) is 4.87. The fraction of sp³-hybridized carbons (Fsp3) is 1.00. The molecular formula is C15H30N2. The van der Waals surface area contributed by atoms with Gasteiger partial charge in [-0.1, -0.05) is 20.8 Å². The van der Waals surface area contributed by atoms with E-state index in [1.54, 1.807) is 0 Å². The third-order valence-electron chi connectivity index (χ3n) is 4.49.